The van der Waals surface area contributed by atoms with Crippen molar-refractivity contribution in [3.63, 3.8) is 0 Å². The van der Waals surface area contributed by atoms with Crippen LogP contribution in [-0.2, 0) is 12.8 Å². The maximum atomic E-state index is 13.2. The third-order valence-electron chi connectivity index (χ3n) is 7.24. The van der Waals surface area contributed by atoms with Crippen LogP contribution in [0.1, 0.15) is 109 Å². The number of benzene rings is 2. The number of aryl methyl sites for hydroxylation is 1. The summed E-state index contributed by atoms with van der Waals surface area (Å²) in [5.74, 6) is -0.0381. The first-order chi connectivity index (χ1) is 18.0. The maximum absolute atomic E-state index is 13.2. The summed E-state index contributed by atoms with van der Waals surface area (Å²) in [6.07, 6.45) is 16.7. The van der Waals surface area contributed by atoms with Crippen molar-refractivity contribution >= 4 is 33.8 Å². The summed E-state index contributed by atoms with van der Waals surface area (Å²) in [4.78, 5) is 36.6. The number of hydrogen-bond donors (Lipinski definition) is 0. The number of halogens is 1. The first-order valence-electron chi connectivity index (χ1n) is 13.8. The molecule has 2 aromatic carbocycles. The maximum Gasteiger partial charge on any atom is 0.258 e. The molecule has 0 bridgehead atoms. The SMILES string of the molecule is O=Cc1c(Br)cccc1N1CCc2cc(CCCCCCCCCCCCCC[N+](=O)[O-])ccc2C1=O. The van der Waals surface area contributed by atoms with Crippen LogP contribution in [0.2, 0.25) is 0 Å². The zero-order chi connectivity index (χ0) is 26.5. The number of rotatable bonds is 17. The van der Waals surface area contributed by atoms with Gasteiger partial charge < -0.3 is 4.90 Å². The van der Waals surface area contributed by atoms with Crippen molar-refractivity contribution in [1.82, 2.24) is 0 Å². The molecule has 0 saturated heterocycles. The minimum Gasteiger partial charge on any atom is -0.307 e. The fourth-order valence-corrected chi connectivity index (χ4v) is 5.59. The van der Waals surface area contributed by atoms with Crippen LogP contribution in [0.3, 0.4) is 0 Å². The van der Waals surface area contributed by atoms with E-state index in [-0.39, 0.29) is 17.4 Å². The molecule has 1 aliphatic heterocycles. The average molecular weight is 572 g/mol. The van der Waals surface area contributed by atoms with Gasteiger partial charge in [0.2, 0.25) is 6.54 Å². The number of amides is 1. The van der Waals surface area contributed by atoms with E-state index in [0.717, 1.165) is 43.1 Å². The molecule has 0 aromatic heterocycles. The summed E-state index contributed by atoms with van der Waals surface area (Å²) in [7, 11) is 0. The van der Waals surface area contributed by atoms with Crippen molar-refractivity contribution in [3.8, 4) is 0 Å². The zero-order valence-electron chi connectivity index (χ0n) is 21.8. The normalized spacial score (nSPS) is 13.0. The Morgan fingerprint density at radius 3 is 2.14 bits per heavy atom. The molecule has 7 heteroatoms. The van der Waals surface area contributed by atoms with Crippen molar-refractivity contribution in [2.75, 3.05) is 18.0 Å². The van der Waals surface area contributed by atoms with E-state index in [1.54, 1.807) is 4.90 Å². The molecule has 6 nitrogen and oxygen atoms in total. The van der Waals surface area contributed by atoms with Crippen LogP contribution in [0, 0.1) is 10.1 Å². The monoisotopic (exact) mass is 570 g/mol. The van der Waals surface area contributed by atoms with Crippen LogP contribution >= 0.6 is 15.9 Å². The Hall–Kier alpha value is -2.54. The van der Waals surface area contributed by atoms with Gasteiger partial charge in [-0.3, -0.25) is 19.7 Å². The molecule has 3 rings (SSSR count). The highest BCUT2D eigenvalue weighted by molar-refractivity contribution is 9.10. The molecule has 0 unspecified atom stereocenters. The topological polar surface area (TPSA) is 80.5 Å². The van der Waals surface area contributed by atoms with Gasteiger partial charge in [0.05, 0.1) is 11.3 Å². The Kier molecular flexibility index (Phi) is 12.3. The van der Waals surface area contributed by atoms with Gasteiger partial charge in [-0.25, -0.2) is 0 Å². The van der Waals surface area contributed by atoms with Gasteiger partial charge in [0, 0.05) is 27.9 Å². The Bertz CT molecular complexity index is 1060. The van der Waals surface area contributed by atoms with Gasteiger partial charge in [-0.2, -0.15) is 0 Å². The second-order valence-electron chi connectivity index (χ2n) is 10.0. The molecule has 0 aliphatic carbocycles. The second-order valence-corrected chi connectivity index (χ2v) is 10.9. The lowest BCUT2D eigenvalue weighted by molar-refractivity contribution is -0.480. The van der Waals surface area contributed by atoms with E-state index in [2.05, 4.69) is 28.1 Å². The third kappa shape index (κ3) is 9.06. The molecule has 200 valence electrons. The van der Waals surface area contributed by atoms with Crippen molar-refractivity contribution in [3.05, 3.63) is 73.2 Å². The van der Waals surface area contributed by atoms with Crippen LogP contribution in [-0.4, -0.2) is 30.2 Å². The first kappa shape index (κ1) is 29.0. The minimum absolute atomic E-state index is 0.0381. The van der Waals surface area contributed by atoms with Gasteiger partial charge >= 0.3 is 0 Å². The highest BCUT2D eigenvalue weighted by atomic mass is 79.9. The quantitative estimate of drug-likeness (QED) is 0.0835. The number of hydrogen-bond acceptors (Lipinski definition) is 4. The smallest absolute Gasteiger partial charge is 0.258 e. The Balaban J connectivity index is 1.31. The lowest BCUT2D eigenvalue weighted by Gasteiger charge is -2.30. The Morgan fingerprint density at radius 2 is 1.51 bits per heavy atom. The number of aldehydes is 1. The van der Waals surface area contributed by atoms with Crippen LogP contribution in [0.4, 0.5) is 5.69 Å². The predicted octanol–water partition coefficient (Wildman–Crippen LogP) is 7.96. The molecule has 0 spiro atoms. The van der Waals surface area contributed by atoms with Crippen LogP contribution in [0.5, 0.6) is 0 Å². The number of nitrogens with zero attached hydrogens (tertiary/aromatic N) is 2. The number of carbonyl (C=O) groups excluding carboxylic acids is 2. The molecule has 0 saturated carbocycles. The van der Waals surface area contributed by atoms with E-state index in [9.17, 15) is 19.7 Å². The van der Waals surface area contributed by atoms with Crippen LogP contribution in [0.25, 0.3) is 0 Å². The van der Waals surface area contributed by atoms with Crippen molar-refractivity contribution in [2.45, 2.75) is 89.9 Å². The first-order valence-corrected chi connectivity index (χ1v) is 14.6. The number of carbonyl (C=O) groups is 2. The predicted molar refractivity (Wildman–Crippen MR) is 152 cm³/mol. The molecule has 1 aliphatic rings. The summed E-state index contributed by atoms with van der Waals surface area (Å²) in [5, 5.41) is 10.3. The van der Waals surface area contributed by atoms with E-state index in [0.29, 0.717) is 28.7 Å². The third-order valence-corrected chi connectivity index (χ3v) is 7.94. The molecule has 0 radical (unpaired) electrons. The largest absolute Gasteiger partial charge is 0.307 e. The number of unbranched alkanes of at least 4 members (excludes halogenated alkanes) is 11. The van der Waals surface area contributed by atoms with Gasteiger partial charge in [0.25, 0.3) is 5.91 Å². The highest BCUT2D eigenvalue weighted by Crippen LogP contribution is 2.31. The van der Waals surface area contributed by atoms with Crippen molar-refractivity contribution < 1.29 is 14.5 Å². The van der Waals surface area contributed by atoms with Crippen molar-refractivity contribution in [1.29, 1.82) is 0 Å². The molecule has 37 heavy (non-hydrogen) atoms. The van der Waals surface area contributed by atoms with E-state index in [1.807, 2.05) is 24.3 Å². The molecular formula is C30H39BrN2O4. The Labute approximate surface area is 229 Å². The van der Waals surface area contributed by atoms with Gasteiger partial charge in [-0.15, -0.1) is 0 Å². The number of fused-ring (bicyclic) bond motifs is 1. The van der Waals surface area contributed by atoms with Crippen molar-refractivity contribution in [2.24, 2.45) is 0 Å². The molecule has 2 aromatic rings. The fourth-order valence-electron chi connectivity index (χ4n) is 5.14. The van der Waals surface area contributed by atoms with Gasteiger partial charge in [0.15, 0.2) is 6.29 Å². The highest BCUT2D eigenvalue weighted by Gasteiger charge is 2.27. The Morgan fingerprint density at radius 1 is 0.892 bits per heavy atom. The summed E-state index contributed by atoms with van der Waals surface area (Å²) in [5.41, 5.74) is 4.32. The molecule has 0 fully saturated rings. The number of anilines is 1. The summed E-state index contributed by atoms with van der Waals surface area (Å²) < 4.78 is 0.702. The summed E-state index contributed by atoms with van der Waals surface area (Å²) >= 11 is 3.42. The van der Waals surface area contributed by atoms with Gasteiger partial charge in [-0.05, 0) is 70.9 Å². The second kappa shape index (κ2) is 15.7. The average Bonchev–Trinajstić information content (AvgIpc) is 2.89. The summed E-state index contributed by atoms with van der Waals surface area (Å²) in [6, 6.07) is 11.7. The zero-order valence-corrected chi connectivity index (χ0v) is 23.3. The molecule has 0 N–H and O–H groups in total. The van der Waals surface area contributed by atoms with E-state index < -0.39 is 0 Å². The molecule has 1 heterocycles. The van der Waals surface area contributed by atoms with Gasteiger partial charge in [0.1, 0.15) is 0 Å². The molecule has 0 atom stereocenters. The summed E-state index contributed by atoms with van der Waals surface area (Å²) in [6.45, 7) is 0.691. The van der Waals surface area contributed by atoms with E-state index in [4.69, 9.17) is 0 Å². The van der Waals surface area contributed by atoms with Crippen LogP contribution in [0.15, 0.2) is 40.9 Å². The lowest BCUT2D eigenvalue weighted by atomic mass is 9.94. The fraction of sp³-hybridized carbons (Fsp3) is 0.533. The van der Waals surface area contributed by atoms with Crippen LogP contribution < -0.4 is 4.90 Å². The molecular weight excluding hydrogens is 532 g/mol. The number of nitro groups is 1. The van der Waals surface area contributed by atoms with E-state index >= 15 is 0 Å². The lowest BCUT2D eigenvalue weighted by Crippen LogP contribution is -2.38. The van der Waals surface area contributed by atoms with Gasteiger partial charge in [-0.1, -0.05) is 76.0 Å². The van der Waals surface area contributed by atoms with E-state index in [1.165, 1.54) is 63.4 Å². The standard InChI is InChI=1S/C30H39BrN2O4/c31-28-15-13-16-29(27(28)23-34)32-21-19-25-22-24(17-18-26(25)30(32)35)14-11-9-7-5-3-1-2-4-6-8-10-12-20-33(36)37/h13,15-18,22-23H,1-12,14,19-21H2. The molecule has 1 amide bonds. The minimum atomic E-state index is -0.222.